The summed E-state index contributed by atoms with van der Waals surface area (Å²) < 4.78 is 68.1. The summed E-state index contributed by atoms with van der Waals surface area (Å²) in [5.41, 5.74) is 0. The van der Waals surface area contributed by atoms with Crippen molar-refractivity contribution >= 4 is 35.1 Å². The maximum Gasteiger partial charge on any atom is 2.00 e. The van der Waals surface area contributed by atoms with Crippen LogP contribution < -0.4 is 10.2 Å². The van der Waals surface area contributed by atoms with E-state index in [-0.39, 0.29) is 16.5 Å². The Labute approximate surface area is 143 Å². The molecule has 0 spiro atoms. The molecule has 25 heavy (non-hydrogen) atoms. The molecule has 0 amide bonds. The zero-order valence-corrected chi connectivity index (χ0v) is 12.3. The van der Waals surface area contributed by atoms with Gasteiger partial charge in [-0.05, 0) is 0 Å². The Bertz CT molecular complexity index is 515. The summed E-state index contributed by atoms with van der Waals surface area (Å²) in [5.74, 6) is -13.1. The van der Waals surface area contributed by atoms with Crippen LogP contribution in [0.4, 0.5) is 26.3 Å². The minimum Gasteiger partial charge on any atom is -0.542 e. The van der Waals surface area contributed by atoms with Gasteiger partial charge in [-0.3, -0.25) is 19.2 Å². The average molecular weight is 425 g/mol. The van der Waals surface area contributed by atoms with Crippen molar-refractivity contribution in [1.29, 1.82) is 0 Å². The quantitative estimate of drug-likeness (QED) is 0.199. The molecule has 0 saturated carbocycles. The van der Waals surface area contributed by atoms with Crippen LogP contribution in [0.2, 0.25) is 0 Å². The summed E-state index contributed by atoms with van der Waals surface area (Å²) in [6, 6.07) is 0. The average Bonchev–Trinajstić information content (AvgIpc) is 2.36. The number of carbonyl (C=O) groups excluding carboxylic acids is 6. The van der Waals surface area contributed by atoms with Crippen LogP contribution in [0.15, 0.2) is 0 Å². The van der Waals surface area contributed by atoms with E-state index in [9.17, 15) is 65.3 Å². The monoisotopic (exact) mass is 424 g/mol. The van der Waals surface area contributed by atoms with Crippen LogP contribution >= 0.6 is 0 Å². The molecule has 0 aliphatic carbocycles. The number of hydrogen-bond donors (Lipinski definition) is 0. The molecule has 0 aromatic rings. The summed E-state index contributed by atoms with van der Waals surface area (Å²) >= 11 is 0. The number of hydrogen-bond acceptors (Lipinski definition) is 8. The van der Waals surface area contributed by atoms with Crippen LogP contribution in [0.3, 0.4) is 0 Å². The van der Waals surface area contributed by atoms with Crippen LogP contribution in [0, 0.1) is 0 Å². The van der Waals surface area contributed by atoms with E-state index >= 15 is 0 Å². The van der Waals surface area contributed by atoms with Gasteiger partial charge in [-0.1, -0.05) is 0 Å². The third-order valence-electron chi connectivity index (χ3n) is 1.73. The van der Waals surface area contributed by atoms with E-state index < -0.39 is 60.3 Å². The molecule has 0 rings (SSSR count). The van der Waals surface area contributed by atoms with Crippen LogP contribution in [0.5, 0.6) is 0 Å². The van der Waals surface area contributed by atoms with Crippen LogP contribution in [0.1, 0.15) is 12.8 Å². The summed E-state index contributed by atoms with van der Waals surface area (Å²) in [4.78, 5) is 59.1. The maximum atomic E-state index is 11.4. The Kier molecular flexibility index (Phi) is 11.6. The fourth-order valence-electron chi connectivity index (χ4n) is 0.636. The molecule has 144 valence electrons. The first-order valence-corrected chi connectivity index (χ1v) is 5.18. The number of rotatable bonds is 6. The summed E-state index contributed by atoms with van der Waals surface area (Å²) in [5, 5.41) is 19.2. The second-order valence-electron chi connectivity index (χ2n) is 3.62. The molecule has 0 radical (unpaired) electrons. The summed E-state index contributed by atoms with van der Waals surface area (Å²) in [7, 11) is 0. The van der Waals surface area contributed by atoms with Gasteiger partial charge >= 0.3 is 28.8 Å². The van der Waals surface area contributed by atoms with Gasteiger partial charge in [-0.15, -0.1) is 0 Å². The largest absolute Gasteiger partial charge is 2.00 e. The molecular weight excluding hydrogens is 421 g/mol. The Hall–Kier alpha value is -2.31. The Morgan fingerprint density at radius 3 is 0.920 bits per heavy atom. The van der Waals surface area contributed by atoms with E-state index in [1.807, 2.05) is 0 Å². The Morgan fingerprint density at radius 2 is 0.800 bits per heavy atom. The van der Waals surface area contributed by atoms with Gasteiger partial charge in [-0.25, -0.2) is 0 Å². The molecule has 0 aliphatic heterocycles. The number of Topliss-reactive ketones (excluding diaryl/α,β-unsaturated/α-hetero) is 4. The molecule has 0 bridgehead atoms. The number of carboxylic acid groups (broad SMARTS) is 2. The first-order chi connectivity index (χ1) is 10.5. The molecule has 0 heterocycles. The predicted molar refractivity (Wildman–Crippen MR) is 51.4 cm³/mol. The Balaban J connectivity index is -0.000000372. The van der Waals surface area contributed by atoms with Gasteiger partial charge in [0.25, 0.3) is 0 Å². The molecule has 0 unspecified atom stereocenters. The Morgan fingerprint density at radius 1 is 0.600 bits per heavy atom. The van der Waals surface area contributed by atoms with Crippen molar-refractivity contribution in [2.45, 2.75) is 25.2 Å². The van der Waals surface area contributed by atoms with E-state index in [4.69, 9.17) is 0 Å². The van der Waals surface area contributed by atoms with Crippen molar-refractivity contribution in [1.82, 2.24) is 0 Å². The first kappa shape index (κ1) is 27.5. The molecule has 0 N–H and O–H groups in total. The summed E-state index contributed by atoms with van der Waals surface area (Å²) in [6.45, 7) is 0. The predicted octanol–water partition coefficient (Wildman–Crippen LogP) is -2.35. The van der Waals surface area contributed by atoms with Gasteiger partial charge in [0.15, 0.2) is 11.6 Å². The van der Waals surface area contributed by atoms with Crippen LogP contribution in [-0.2, 0) is 45.3 Å². The third kappa shape index (κ3) is 12.7. The molecule has 0 fully saturated rings. The number of carbonyl (C=O) groups is 6. The van der Waals surface area contributed by atoms with Crippen molar-refractivity contribution in [2.24, 2.45) is 0 Å². The fraction of sp³-hybridized carbons (Fsp3) is 0.400. The van der Waals surface area contributed by atoms with Crippen LogP contribution in [0.25, 0.3) is 0 Å². The zero-order chi connectivity index (χ0) is 19.9. The minimum atomic E-state index is -5.18. The van der Waals surface area contributed by atoms with Crippen molar-refractivity contribution in [3.63, 3.8) is 0 Å². The second kappa shape index (κ2) is 10.5. The van der Waals surface area contributed by atoms with E-state index in [2.05, 4.69) is 0 Å². The van der Waals surface area contributed by atoms with Gasteiger partial charge < -0.3 is 19.8 Å². The van der Waals surface area contributed by atoms with E-state index in [0.717, 1.165) is 0 Å². The number of ketones is 4. The zero-order valence-electron chi connectivity index (χ0n) is 11.3. The van der Waals surface area contributed by atoms with E-state index in [1.54, 1.807) is 0 Å². The SMILES string of the molecule is O=C([O-])C(=O)CC(=O)C(F)(F)F.O=C([O-])C(=O)CC(=O)C(F)(F)F.[Ni+2]. The van der Waals surface area contributed by atoms with Gasteiger partial charge in [0.05, 0.1) is 12.8 Å². The standard InChI is InChI=1S/2C5H3F3O4.Ni/c2*6-5(7,8)3(10)1-2(9)4(11)12;/h2*1H2,(H,11,12);/q;;+2/p-2. The number of carboxylic acids is 2. The molecule has 0 aromatic carbocycles. The molecule has 0 saturated heterocycles. The smallest absolute Gasteiger partial charge is 0.542 e. The van der Waals surface area contributed by atoms with Gasteiger partial charge in [0, 0.05) is 0 Å². The topological polar surface area (TPSA) is 149 Å². The minimum absolute atomic E-state index is 0. The van der Waals surface area contributed by atoms with E-state index in [0.29, 0.717) is 0 Å². The molecule has 0 aromatic heterocycles. The molecule has 0 atom stereocenters. The molecular formula is C10H4F6NiO8. The van der Waals surface area contributed by atoms with Crippen molar-refractivity contribution in [3.8, 4) is 0 Å². The molecule has 0 aliphatic rings. The molecule has 8 nitrogen and oxygen atoms in total. The van der Waals surface area contributed by atoms with E-state index in [1.165, 1.54) is 0 Å². The fourth-order valence-corrected chi connectivity index (χ4v) is 0.636. The van der Waals surface area contributed by atoms with Crippen molar-refractivity contribution < 1.29 is 81.8 Å². The van der Waals surface area contributed by atoms with Crippen molar-refractivity contribution in [2.75, 3.05) is 0 Å². The van der Waals surface area contributed by atoms with Crippen molar-refractivity contribution in [3.05, 3.63) is 0 Å². The first-order valence-electron chi connectivity index (χ1n) is 5.18. The number of alkyl halides is 6. The second-order valence-corrected chi connectivity index (χ2v) is 3.62. The number of aliphatic carboxylic acids is 2. The van der Waals surface area contributed by atoms with Gasteiger partial charge in [0.2, 0.25) is 11.6 Å². The van der Waals surface area contributed by atoms with Gasteiger partial charge in [0.1, 0.15) is 11.9 Å². The normalized spacial score (nSPS) is 10.5. The summed E-state index contributed by atoms with van der Waals surface area (Å²) in [6.07, 6.45) is -13.8. The maximum absolute atomic E-state index is 11.4. The number of halogens is 6. The molecule has 15 heteroatoms. The van der Waals surface area contributed by atoms with Crippen LogP contribution in [-0.4, -0.2) is 47.4 Å². The van der Waals surface area contributed by atoms with Gasteiger partial charge in [-0.2, -0.15) is 26.3 Å². The third-order valence-corrected chi connectivity index (χ3v) is 1.73.